The maximum Gasteiger partial charge on any atom is 0.289 e. The predicted molar refractivity (Wildman–Crippen MR) is 87.9 cm³/mol. The lowest BCUT2D eigenvalue weighted by atomic mass is 10.0. The molecule has 6 heteroatoms. The van der Waals surface area contributed by atoms with Gasteiger partial charge in [0.25, 0.3) is 5.70 Å². The van der Waals surface area contributed by atoms with Gasteiger partial charge in [-0.1, -0.05) is 29.8 Å². The molecule has 0 amide bonds. The van der Waals surface area contributed by atoms with Crippen molar-refractivity contribution in [3.63, 3.8) is 0 Å². The molecular formula is C16H14ClN3O2. The molecule has 3 rings (SSSR count). The van der Waals surface area contributed by atoms with E-state index < -0.39 is 0 Å². The molecule has 1 heterocycles. The van der Waals surface area contributed by atoms with Gasteiger partial charge < -0.3 is 10.2 Å². The van der Waals surface area contributed by atoms with E-state index in [-0.39, 0.29) is 17.2 Å². The highest BCUT2D eigenvalue weighted by Gasteiger charge is 2.31. The third-order valence-corrected chi connectivity index (χ3v) is 3.89. The van der Waals surface area contributed by atoms with Gasteiger partial charge >= 0.3 is 0 Å². The molecule has 0 saturated heterocycles. The first-order chi connectivity index (χ1) is 10.6. The number of halogens is 1. The Morgan fingerprint density at radius 3 is 2.59 bits per heavy atom. The second-order valence-corrected chi connectivity index (χ2v) is 5.35. The van der Waals surface area contributed by atoms with Crippen molar-refractivity contribution in [3.05, 3.63) is 74.9 Å². The summed E-state index contributed by atoms with van der Waals surface area (Å²) in [6.45, 7) is 0.181. The summed E-state index contributed by atoms with van der Waals surface area (Å²) in [7, 11) is 1.69. The van der Waals surface area contributed by atoms with Gasteiger partial charge in [0.2, 0.25) is 0 Å². The lowest BCUT2D eigenvalue weighted by Crippen LogP contribution is -2.31. The van der Waals surface area contributed by atoms with Crippen LogP contribution in [0.25, 0.3) is 5.70 Å². The molecule has 1 N–H and O–H groups in total. The number of para-hydroxylation sites is 1. The first-order valence-electron chi connectivity index (χ1n) is 6.79. The summed E-state index contributed by atoms with van der Waals surface area (Å²) >= 11 is 6.12. The van der Waals surface area contributed by atoms with Crippen LogP contribution < -0.4 is 10.2 Å². The minimum absolute atomic E-state index is 0.140. The standard InChI is InChI=1S/C16H14ClN3O2/c1-18-16-13-8-7-11(17)9-14(13)19(10-15(16)20(21)22)12-5-3-2-4-6-12/h2-9,18H,10H2,1H3. The third-order valence-electron chi connectivity index (χ3n) is 3.65. The zero-order valence-corrected chi connectivity index (χ0v) is 12.7. The molecule has 0 fully saturated rings. The van der Waals surface area contributed by atoms with Gasteiger partial charge in [-0.05, 0) is 30.3 Å². The minimum atomic E-state index is -0.334. The summed E-state index contributed by atoms with van der Waals surface area (Å²) in [5.41, 5.74) is 3.19. The Kier molecular flexibility index (Phi) is 3.73. The minimum Gasteiger partial charge on any atom is -0.382 e. The molecule has 0 bridgehead atoms. The van der Waals surface area contributed by atoms with Gasteiger partial charge in [-0.3, -0.25) is 10.1 Å². The highest BCUT2D eigenvalue weighted by atomic mass is 35.5. The molecule has 0 radical (unpaired) electrons. The molecular weight excluding hydrogens is 302 g/mol. The number of benzene rings is 2. The topological polar surface area (TPSA) is 58.4 Å². The normalized spacial score (nSPS) is 13.8. The maximum atomic E-state index is 11.4. The van der Waals surface area contributed by atoms with E-state index >= 15 is 0 Å². The molecule has 1 aliphatic heterocycles. The van der Waals surface area contributed by atoms with Crippen LogP contribution >= 0.6 is 11.6 Å². The van der Waals surface area contributed by atoms with E-state index in [0.717, 1.165) is 16.9 Å². The SMILES string of the molecule is CNC1=C([N+](=O)[O-])CN(c2ccccc2)c2cc(Cl)ccc21. The van der Waals surface area contributed by atoms with Crippen molar-refractivity contribution in [2.75, 3.05) is 18.5 Å². The van der Waals surface area contributed by atoms with Gasteiger partial charge in [0.15, 0.2) is 0 Å². The number of hydrogen-bond donors (Lipinski definition) is 1. The van der Waals surface area contributed by atoms with E-state index in [1.807, 2.05) is 47.4 Å². The molecule has 0 saturated carbocycles. The van der Waals surface area contributed by atoms with Gasteiger partial charge in [-0.25, -0.2) is 0 Å². The first kappa shape index (κ1) is 14.4. The van der Waals surface area contributed by atoms with Crippen molar-refractivity contribution in [2.24, 2.45) is 0 Å². The third kappa shape index (κ3) is 2.40. The van der Waals surface area contributed by atoms with Crippen LogP contribution in [0.4, 0.5) is 11.4 Å². The van der Waals surface area contributed by atoms with E-state index in [1.54, 1.807) is 13.1 Å². The van der Waals surface area contributed by atoms with Gasteiger partial charge in [-0.2, -0.15) is 0 Å². The highest BCUT2D eigenvalue weighted by Crippen LogP contribution is 2.39. The lowest BCUT2D eigenvalue weighted by Gasteiger charge is -2.31. The Balaban J connectivity index is 2.23. The van der Waals surface area contributed by atoms with E-state index in [1.165, 1.54) is 0 Å². The predicted octanol–water partition coefficient (Wildman–Crippen LogP) is 3.66. The molecule has 22 heavy (non-hydrogen) atoms. The maximum absolute atomic E-state index is 11.4. The molecule has 0 atom stereocenters. The van der Waals surface area contributed by atoms with Crippen LogP contribution in [0.3, 0.4) is 0 Å². The van der Waals surface area contributed by atoms with Crippen molar-refractivity contribution < 1.29 is 4.92 Å². The van der Waals surface area contributed by atoms with E-state index in [4.69, 9.17) is 11.6 Å². The van der Waals surface area contributed by atoms with Gasteiger partial charge in [0, 0.05) is 23.3 Å². The Hall–Kier alpha value is -2.53. The second-order valence-electron chi connectivity index (χ2n) is 4.91. The Bertz CT molecular complexity index is 759. The van der Waals surface area contributed by atoms with Crippen LogP contribution in [0.1, 0.15) is 5.56 Å². The van der Waals surface area contributed by atoms with Crippen molar-refractivity contribution in [2.45, 2.75) is 0 Å². The molecule has 0 unspecified atom stereocenters. The summed E-state index contributed by atoms with van der Waals surface area (Å²) in [6.07, 6.45) is 0. The van der Waals surface area contributed by atoms with Crippen LogP contribution in [0.2, 0.25) is 5.02 Å². The average Bonchev–Trinajstić information content (AvgIpc) is 2.53. The smallest absolute Gasteiger partial charge is 0.289 e. The summed E-state index contributed by atoms with van der Waals surface area (Å²) in [5.74, 6) is 0. The van der Waals surface area contributed by atoms with Gasteiger partial charge in [0.05, 0.1) is 10.6 Å². The number of nitrogens with one attached hydrogen (secondary N) is 1. The monoisotopic (exact) mass is 315 g/mol. The Labute approximate surface area is 133 Å². The Morgan fingerprint density at radius 2 is 1.95 bits per heavy atom. The number of nitrogens with zero attached hydrogens (tertiary/aromatic N) is 2. The largest absolute Gasteiger partial charge is 0.382 e. The fourth-order valence-electron chi connectivity index (χ4n) is 2.68. The van der Waals surface area contributed by atoms with Crippen LogP contribution in [0.5, 0.6) is 0 Å². The quantitative estimate of drug-likeness (QED) is 0.693. The molecule has 2 aromatic carbocycles. The zero-order chi connectivity index (χ0) is 15.7. The second kappa shape index (κ2) is 5.69. The molecule has 0 spiro atoms. The van der Waals surface area contributed by atoms with Gasteiger partial charge in [0.1, 0.15) is 12.2 Å². The number of rotatable bonds is 3. The number of anilines is 2. The van der Waals surface area contributed by atoms with Crippen LogP contribution in [0.15, 0.2) is 54.2 Å². The van der Waals surface area contributed by atoms with E-state index in [0.29, 0.717) is 10.7 Å². The zero-order valence-electron chi connectivity index (χ0n) is 11.9. The first-order valence-corrected chi connectivity index (χ1v) is 7.17. The molecule has 0 aromatic heterocycles. The van der Waals surface area contributed by atoms with Crippen molar-refractivity contribution in [1.82, 2.24) is 5.32 Å². The summed E-state index contributed by atoms with van der Waals surface area (Å²) in [6, 6.07) is 14.9. The van der Waals surface area contributed by atoms with E-state index in [9.17, 15) is 10.1 Å². The summed E-state index contributed by atoms with van der Waals surface area (Å²) < 4.78 is 0. The number of fused-ring (bicyclic) bond motifs is 1. The fourth-order valence-corrected chi connectivity index (χ4v) is 2.84. The van der Waals surface area contributed by atoms with Crippen LogP contribution in [-0.4, -0.2) is 18.5 Å². The molecule has 1 aliphatic rings. The molecule has 112 valence electrons. The molecule has 2 aromatic rings. The molecule has 5 nitrogen and oxygen atoms in total. The number of hydrogen-bond acceptors (Lipinski definition) is 4. The van der Waals surface area contributed by atoms with Crippen LogP contribution in [0, 0.1) is 10.1 Å². The van der Waals surface area contributed by atoms with Gasteiger partial charge in [-0.15, -0.1) is 0 Å². The summed E-state index contributed by atoms with van der Waals surface area (Å²) in [5, 5.41) is 15.0. The lowest BCUT2D eigenvalue weighted by molar-refractivity contribution is -0.424. The fraction of sp³-hybridized carbons (Fsp3) is 0.125. The Morgan fingerprint density at radius 1 is 1.23 bits per heavy atom. The van der Waals surface area contributed by atoms with Crippen molar-refractivity contribution in [3.8, 4) is 0 Å². The molecule has 0 aliphatic carbocycles. The highest BCUT2D eigenvalue weighted by molar-refractivity contribution is 6.31. The number of nitro groups is 1. The van der Waals surface area contributed by atoms with Crippen molar-refractivity contribution >= 4 is 28.7 Å². The summed E-state index contributed by atoms with van der Waals surface area (Å²) in [4.78, 5) is 13.0. The van der Waals surface area contributed by atoms with Crippen LogP contribution in [-0.2, 0) is 0 Å². The van der Waals surface area contributed by atoms with Crippen molar-refractivity contribution in [1.29, 1.82) is 0 Å². The average molecular weight is 316 g/mol. The van der Waals surface area contributed by atoms with E-state index in [2.05, 4.69) is 5.32 Å².